The van der Waals surface area contributed by atoms with Crippen molar-refractivity contribution in [2.24, 2.45) is 5.10 Å². The van der Waals surface area contributed by atoms with Gasteiger partial charge in [0, 0.05) is 15.9 Å². The number of amides is 1. The molecule has 0 saturated carbocycles. The molecule has 0 unspecified atom stereocenters. The molecule has 0 aliphatic rings. The van der Waals surface area contributed by atoms with Crippen LogP contribution in [0.25, 0.3) is 10.2 Å². The first-order valence-corrected chi connectivity index (χ1v) is 9.43. The van der Waals surface area contributed by atoms with Crippen LogP contribution in [0.5, 0.6) is 0 Å². The van der Waals surface area contributed by atoms with Gasteiger partial charge in [-0.1, -0.05) is 30.4 Å². The average Bonchev–Trinajstić information content (AvgIpc) is 3.02. The number of nitrogens with zero attached hydrogens (tertiary/aromatic N) is 2. The minimum absolute atomic E-state index is 0.155. The van der Waals surface area contributed by atoms with Gasteiger partial charge >= 0.3 is 0 Å². The standard InChI is InChI=1S/C18H17BrN4OS/c1-3-11(2)22-23-18-21-15-9-8-12(10-16(15)25-18)20-17(24)13-6-4-5-7-14(13)19/h4-10H,3H2,1-2H3,(H,20,24)(H,21,23)/b22-11+. The summed E-state index contributed by atoms with van der Waals surface area (Å²) >= 11 is 4.90. The molecule has 0 atom stereocenters. The topological polar surface area (TPSA) is 66.4 Å². The Morgan fingerprint density at radius 1 is 1.28 bits per heavy atom. The molecule has 25 heavy (non-hydrogen) atoms. The van der Waals surface area contributed by atoms with Crippen molar-refractivity contribution in [3.05, 3.63) is 52.5 Å². The predicted molar refractivity (Wildman–Crippen MR) is 109 cm³/mol. The summed E-state index contributed by atoms with van der Waals surface area (Å²) in [5, 5.41) is 7.92. The van der Waals surface area contributed by atoms with Gasteiger partial charge in [-0.3, -0.25) is 10.2 Å². The minimum Gasteiger partial charge on any atom is -0.322 e. The van der Waals surface area contributed by atoms with Crippen LogP contribution in [0.15, 0.2) is 52.0 Å². The van der Waals surface area contributed by atoms with E-state index in [-0.39, 0.29) is 5.91 Å². The minimum atomic E-state index is -0.155. The van der Waals surface area contributed by atoms with Crippen LogP contribution in [0.1, 0.15) is 30.6 Å². The van der Waals surface area contributed by atoms with Gasteiger partial charge in [-0.05, 0) is 59.6 Å². The first kappa shape index (κ1) is 17.6. The molecule has 0 bridgehead atoms. The van der Waals surface area contributed by atoms with Gasteiger partial charge in [0.25, 0.3) is 5.91 Å². The number of carbonyl (C=O) groups excluding carboxylic acids is 1. The van der Waals surface area contributed by atoms with Crippen LogP contribution in [-0.4, -0.2) is 16.6 Å². The second-order valence-corrected chi connectivity index (χ2v) is 7.33. The van der Waals surface area contributed by atoms with Crippen LogP contribution < -0.4 is 10.7 Å². The Morgan fingerprint density at radius 3 is 2.84 bits per heavy atom. The summed E-state index contributed by atoms with van der Waals surface area (Å²) in [4.78, 5) is 16.9. The number of rotatable bonds is 5. The Morgan fingerprint density at radius 2 is 2.08 bits per heavy atom. The van der Waals surface area contributed by atoms with E-state index in [4.69, 9.17) is 0 Å². The monoisotopic (exact) mass is 416 g/mol. The van der Waals surface area contributed by atoms with Crippen molar-refractivity contribution in [3.8, 4) is 0 Å². The molecule has 0 saturated heterocycles. The van der Waals surface area contributed by atoms with Gasteiger partial charge in [0.05, 0.1) is 15.8 Å². The maximum absolute atomic E-state index is 12.4. The largest absolute Gasteiger partial charge is 0.322 e. The lowest BCUT2D eigenvalue weighted by Crippen LogP contribution is -2.12. The lowest BCUT2D eigenvalue weighted by atomic mass is 10.2. The van der Waals surface area contributed by atoms with E-state index in [1.165, 1.54) is 11.3 Å². The second kappa shape index (κ2) is 7.76. The SMILES string of the molecule is CC/C(C)=N/Nc1nc2ccc(NC(=O)c3ccccc3Br)cc2s1. The number of hydrazone groups is 1. The van der Waals surface area contributed by atoms with Gasteiger partial charge in [-0.25, -0.2) is 4.98 Å². The molecule has 3 aromatic rings. The van der Waals surface area contributed by atoms with Gasteiger partial charge in [-0.2, -0.15) is 5.10 Å². The number of thiazole rings is 1. The number of carbonyl (C=O) groups is 1. The lowest BCUT2D eigenvalue weighted by molar-refractivity contribution is 0.102. The number of anilines is 2. The highest BCUT2D eigenvalue weighted by Gasteiger charge is 2.11. The van der Waals surface area contributed by atoms with Gasteiger partial charge in [0.2, 0.25) is 5.13 Å². The quantitative estimate of drug-likeness (QED) is 0.425. The van der Waals surface area contributed by atoms with Crippen molar-refractivity contribution in [2.45, 2.75) is 20.3 Å². The number of benzene rings is 2. The van der Waals surface area contributed by atoms with E-state index < -0.39 is 0 Å². The number of fused-ring (bicyclic) bond motifs is 1. The normalized spacial score (nSPS) is 11.6. The Hall–Kier alpha value is -2.25. The number of halogens is 1. The van der Waals surface area contributed by atoms with Crippen LogP contribution in [0.4, 0.5) is 10.8 Å². The summed E-state index contributed by atoms with van der Waals surface area (Å²) in [6.45, 7) is 4.02. The summed E-state index contributed by atoms with van der Waals surface area (Å²) in [7, 11) is 0. The fourth-order valence-corrected chi connectivity index (χ4v) is 3.43. The molecule has 2 aromatic carbocycles. The fraction of sp³-hybridized carbons (Fsp3) is 0.167. The molecule has 3 rings (SSSR count). The predicted octanol–water partition coefficient (Wildman–Crippen LogP) is 5.51. The van der Waals surface area contributed by atoms with Gasteiger partial charge < -0.3 is 5.32 Å². The smallest absolute Gasteiger partial charge is 0.256 e. The molecule has 0 fully saturated rings. The van der Waals surface area contributed by atoms with Gasteiger partial charge in [0.1, 0.15) is 0 Å². The summed E-state index contributed by atoms with van der Waals surface area (Å²) in [6, 6.07) is 13.0. The van der Waals surface area contributed by atoms with Crippen LogP contribution >= 0.6 is 27.3 Å². The number of hydrogen-bond donors (Lipinski definition) is 2. The van der Waals surface area contributed by atoms with Crippen molar-refractivity contribution >= 4 is 59.9 Å². The van der Waals surface area contributed by atoms with E-state index in [0.29, 0.717) is 5.56 Å². The van der Waals surface area contributed by atoms with E-state index in [1.807, 2.05) is 43.3 Å². The maximum Gasteiger partial charge on any atom is 0.256 e. The van der Waals surface area contributed by atoms with Crippen molar-refractivity contribution in [1.82, 2.24) is 4.98 Å². The van der Waals surface area contributed by atoms with Gasteiger partial charge in [-0.15, -0.1) is 0 Å². The summed E-state index contributed by atoms with van der Waals surface area (Å²) in [5.74, 6) is -0.155. The van der Waals surface area contributed by atoms with Crippen LogP contribution in [0.2, 0.25) is 0 Å². The summed E-state index contributed by atoms with van der Waals surface area (Å²) in [6.07, 6.45) is 0.892. The maximum atomic E-state index is 12.4. The van der Waals surface area contributed by atoms with Crippen molar-refractivity contribution in [3.63, 3.8) is 0 Å². The lowest BCUT2D eigenvalue weighted by Gasteiger charge is -2.06. The summed E-state index contributed by atoms with van der Waals surface area (Å²) < 4.78 is 1.75. The Kier molecular flexibility index (Phi) is 5.45. The number of nitrogens with one attached hydrogen (secondary N) is 2. The molecule has 1 heterocycles. The van der Waals surface area contributed by atoms with Crippen molar-refractivity contribution in [2.75, 3.05) is 10.7 Å². The molecule has 0 radical (unpaired) electrons. The molecule has 2 N–H and O–H groups in total. The molecule has 1 aromatic heterocycles. The molecular weight excluding hydrogens is 400 g/mol. The second-order valence-electron chi connectivity index (χ2n) is 5.45. The summed E-state index contributed by atoms with van der Waals surface area (Å²) in [5.41, 5.74) is 6.19. The van der Waals surface area contributed by atoms with E-state index >= 15 is 0 Å². The highest BCUT2D eigenvalue weighted by Crippen LogP contribution is 2.29. The zero-order chi connectivity index (χ0) is 17.8. The van der Waals surface area contributed by atoms with Crippen LogP contribution in [-0.2, 0) is 0 Å². The van der Waals surface area contributed by atoms with Crippen LogP contribution in [0.3, 0.4) is 0 Å². The van der Waals surface area contributed by atoms with Crippen molar-refractivity contribution in [1.29, 1.82) is 0 Å². The third-order valence-corrected chi connectivity index (χ3v) is 5.23. The van der Waals surface area contributed by atoms with Gasteiger partial charge in [0.15, 0.2) is 0 Å². The van der Waals surface area contributed by atoms with E-state index in [0.717, 1.165) is 37.6 Å². The Balaban J connectivity index is 1.79. The Labute approximate surface area is 158 Å². The highest BCUT2D eigenvalue weighted by atomic mass is 79.9. The first-order chi connectivity index (χ1) is 12.1. The Bertz CT molecular complexity index is 951. The molecular formula is C18H17BrN4OS. The number of aromatic nitrogens is 1. The molecule has 128 valence electrons. The van der Waals surface area contributed by atoms with E-state index in [9.17, 15) is 4.79 Å². The molecule has 5 nitrogen and oxygen atoms in total. The average molecular weight is 417 g/mol. The molecule has 7 heteroatoms. The molecule has 0 aliphatic carbocycles. The van der Waals surface area contributed by atoms with Crippen molar-refractivity contribution < 1.29 is 4.79 Å². The highest BCUT2D eigenvalue weighted by molar-refractivity contribution is 9.10. The van der Waals surface area contributed by atoms with E-state index in [1.54, 1.807) is 6.07 Å². The first-order valence-electron chi connectivity index (χ1n) is 7.82. The molecule has 0 aliphatic heterocycles. The van der Waals surface area contributed by atoms with Crippen LogP contribution in [0, 0.1) is 0 Å². The van der Waals surface area contributed by atoms with E-state index in [2.05, 4.69) is 43.7 Å². The fourth-order valence-electron chi connectivity index (χ4n) is 2.12. The third-order valence-electron chi connectivity index (χ3n) is 3.62. The number of hydrogen-bond acceptors (Lipinski definition) is 5. The molecule has 0 spiro atoms. The zero-order valence-corrected chi connectivity index (χ0v) is 16.2. The molecule has 1 amide bonds. The third kappa shape index (κ3) is 4.24. The zero-order valence-electron chi connectivity index (χ0n) is 13.8.